The highest BCUT2D eigenvalue weighted by Gasteiger charge is 2.40. The van der Waals surface area contributed by atoms with Crippen molar-refractivity contribution in [3.63, 3.8) is 0 Å². The van der Waals surface area contributed by atoms with Crippen LogP contribution in [0.15, 0.2) is 114 Å². The monoisotopic (exact) mass is 854 g/mol. The molecule has 2 saturated heterocycles. The highest BCUT2D eigenvalue weighted by molar-refractivity contribution is 7.90. The van der Waals surface area contributed by atoms with Gasteiger partial charge in [-0.05, 0) is 135 Å². The summed E-state index contributed by atoms with van der Waals surface area (Å²) >= 11 is 0. The summed E-state index contributed by atoms with van der Waals surface area (Å²) in [4.78, 5) is 35.1. The average Bonchev–Trinajstić information content (AvgIpc) is 3.80. The standard InChI is InChI=1S/C48H50N6O7S/c1-48(2,53-23-5-8-43(53)40-7-4-3-6-39(40)33-9-10-33)36-14-11-32(12-15-36)34-13-17-41(45(27-34)61-37-26-35-19-22-49-46(35)51-30-37)47(55)52-62(58,59)38-16-18-42(44(28-38)54(56)57)50-29-31-20-24-60-25-21-31/h3-4,6-7,11-19,22,26-28,30-31,33,43,50H,5,8-10,20-21,23-25,29H2,1-2H3,(H,49,51)(H,52,55). The first-order valence-electron chi connectivity index (χ1n) is 21.3. The molecule has 0 spiro atoms. The second-order valence-corrected chi connectivity index (χ2v) is 18.8. The Kier molecular flexibility index (Phi) is 11.3. The number of rotatable bonds is 14. The topological polar surface area (TPSA) is 169 Å². The van der Waals surface area contributed by atoms with Gasteiger partial charge in [-0.1, -0.05) is 54.6 Å². The number of nitro benzene ring substituents is 1. The Hall–Kier alpha value is -6.09. The maximum absolute atomic E-state index is 13.9. The van der Waals surface area contributed by atoms with E-state index in [9.17, 15) is 23.3 Å². The number of ether oxygens (including phenoxy) is 2. The van der Waals surface area contributed by atoms with Crippen molar-refractivity contribution in [2.75, 3.05) is 31.6 Å². The molecule has 9 rings (SSSR count). The number of anilines is 1. The normalized spacial score (nSPS) is 17.5. The number of aromatic amines is 1. The SMILES string of the molecule is CC(C)(c1ccc(-c2ccc(C(=O)NS(=O)(=O)c3ccc(NCC4CCOCC4)c([N+](=O)[O-])c3)c(Oc3cnc4[nH]ccc4c3)c2)cc1)N1CCCC1c1ccccc1C1CC1. The molecule has 0 bridgehead atoms. The molecule has 2 aliphatic heterocycles. The number of H-pyrrole nitrogens is 1. The molecule has 4 aromatic carbocycles. The lowest BCUT2D eigenvalue weighted by Crippen LogP contribution is -2.41. The van der Waals surface area contributed by atoms with Crippen molar-refractivity contribution in [3.05, 3.63) is 142 Å². The Bertz CT molecular complexity index is 2740. The van der Waals surface area contributed by atoms with E-state index in [1.807, 2.05) is 6.07 Å². The smallest absolute Gasteiger partial charge is 0.293 e. The maximum Gasteiger partial charge on any atom is 0.293 e. The molecule has 4 heterocycles. The molecule has 62 heavy (non-hydrogen) atoms. The van der Waals surface area contributed by atoms with Gasteiger partial charge in [0.1, 0.15) is 22.8 Å². The van der Waals surface area contributed by atoms with Crippen LogP contribution in [0.5, 0.6) is 11.5 Å². The van der Waals surface area contributed by atoms with Gasteiger partial charge in [-0.3, -0.25) is 19.8 Å². The van der Waals surface area contributed by atoms with E-state index in [1.54, 1.807) is 24.4 Å². The second-order valence-electron chi connectivity index (χ2n) is 17.1. The van der Waals surface area contributed by atoms with Crippen molar-refractivity contribution in [1.82, 2.24) is 19.6 Å². The molecule has 3 aliphatic rings. The summed E-state index contributed by atoms with van der Waals surface area (Å²) in [7, 11) is -4.56. The highest BCUT2D eigenvalue weighted by Crippen LogP contribution is 2.48. The van der Waals surface area contributed by atoms with Crippen LogP contribution in [0.4, 0.5) is 11.4 Å². The van der Waals surface area contributed by atoms with E-state index in [2.05, 4.69) is 87.3 Å². The van der Waals surface area contributed by atoms with Gasteiger partial charge in [-0.25, -0.2) is 18.1 Å². The number of fused-ring (bicyclic) bond motifs is 1. The van der Waals surface area contributed by atoms with Crippen LogP contribution in [-0.2, 0) is 20.3 Å². The quantitative estimate of drug-likeness (QED) is 0.0708. The van der Waals surface area contributed by atoms with Crippen LogP contribution in [0.3, 0.4) is 0 Å². The van der Waals surface area contributed by atoms with Crippen molar-refractivity contribution >= 4 is 38.3 Å². The number of sulfonamides is 1. The fourth-order valence-corrected chi connectivity index (χ4v) is 10.1. The number of nitro groups is 1. The third-order valence-electron chi connectivity index (χ3n) is 12.7. The van der Waals surface area contributed by atoms with E-state index < -0.39 is 31.4 Å². The van der Waals surface area contributed by atoms with Crippen LogP contribution in [-0.4, -0.2) is 60.4 Å². The van der Waals surface area contributed by atoms with Crippen molar-refractivity contribution in [2.45, 2.75) is 74.8 Å². The molecule has 13 nitrogen and oxygen atoms in total. The number of amides is 1. The van der Waals surface area contributed by atoms with Gasteiger partial charge in [0, 0.05) is 49.0 Å². The van der Waals surface area contributed by atoms with Gasteiger partial charge < -0.3 is 19.8 Å². The maximum atomic E-state index is 13.9. The van der Waals surface area contributed by atoms with Crippen LogP contribution >= 0.6 is 0 Å². The number of pyridine rings is 1. The summed E-state index contributed by atoms with van der Waals surface area (Å²) in [5.41, 5.74) is 5.90. The van der Waals surface area contributed by atoms with Gasteiger partial charge in [-0.2, -0.15) is 0 Å². The third kappa shape index (κ3) is 8.54. The Morgan fingerprint density at radius 1 is 0.935 bits per heavy atom. The Morgan fingerprint density at radius 2 is 1.69 bits per heavy atom. The predicted molar refractivity (Wildman–Crippen MR) is 238 cm³/mol. The molecule has 1 saturated carbocycles. The number of carbonyl (C=O) groups excluding carboxylic acids is 1. The van der Waals surface area contributed by atoms with Crippen molar-refractivity contribution in [2.24, 2.45) is 5.92 Å². The van der Waals surface area contributed by atoms with E-state index in [0.29, 0.717) is 43.1 Å². The molecule has 3 fully saturated rings. The molecular formula is C48H50N6O7S. The summed E-state index contributed by atoms with van der Waals surface area (Å²) in [6, 6.07) is 29.9. The van der Waals surface area contributed by atoms with Gasteiger partial charge in [0.2, 0.25) is 0 Å². The minimum atomic E-state index is -4.56. The lowest BCUT2D eigenvalue weighted by molar-refractivity contribution is -0.384. The number of nitrogens with one attached hydrogen (secondary N) is 3. The summed E-state index contributed by atoms with van der Waals surface area (Å²) in [6.45, 7) is 7.33. The molecule has 0 radical (unpaired) electrons. The fourth-order valence-electron chi connectivity index (χ4n) is 9.07. The number of nitrogens with zero attached hydrogens (tertiary/aromatic N) is 3. The number of likely N-dealkylation sites (tertiary alicyclic amines) is 1. The minimum Gasteiger partial charge on any atom is -0.455 e. The Balaban J connectivity index is 0.979. The Labute approximate surface area is 361 Å². The molecule has 1 atom stereocenters. The van der Waals surface area contributed by atoms with Crippen LogP contribution < -0.4 is 14.8 Å². The van der Waals surface area contributed by atoms with Crippen molar-refractivity contribution in [3.8, 4) is 22.6 Å². The van der Waals surface area contributed by atoms with E-state index in [4.69, 9.17) is 9.47 Å². The Morgan fingerprint density at radius 3 is 2.45 bits per heavy atom. The predicted octanol–water partition coefficient (Wildman–Crippen LogP) is 9.84. The van der Waals surface area contributed by atoms with E-state index in [0.717, 1.165) is 54.8 Å². The summed E-state index contributed by atoms with van der Waals surface area (Å²) in [6.07, 6.45) is 9.72. The number of aromatic nitrogens is 2. The van der Waals surface area contributed by atoms with Crippen LogP contribution in [0.25, 0.3) is 22.2 Å². The molecule has 14 heteroatoms. The largest absolute Gasteiger partial charge is 0.455 e. The summed E-state index contributed by atoms with van der Waals surface area (Å²) in [5, 5.41) is 16.0. The van der Waals surface area contributed by atoms with Gasteiger partial charge in [0.25, 0.3) is 21.6 Å². The minimum absolute atomic E-state index is 0.0555. The summed E-state index contributed by atoms with van der Waals surface area (Å²) in [5.74, 6) is 0.424. The fraction of sp³-hybridized carbons (Fsp3) is 0.333. The zero-order valence-corrected chi connectivity index (χ0v) is 35.6. The van der Waals surface area contributed by atoms with Gasteiger partial charge in [0.05, 0.1) is 21.6 Å². The van der Waals surface area contributed by atoms with E-state index in [1.165, 1.54) is 53.9 Å². The molecule has 320 valence electrons. The molecule has 1 unspecified atom stereocenters. The summed E-state index contributed by atoms with van der Waals surface area (Å²) < 4.78 is 41.2. The number of hydrogen-bond donors (Lipinski definition) is 3. The lowest BCUT2D eigenvalue weighted by atomic mass is 9.87. The molecule has 2 aromatic heterocycles. The van der Waals surface area contributed by atoms with Gasteiger partial charge in [-0.15, -0.1) is 0 Å². The highest BCUT2D eigenvalue weighted by atomic mass is 32.2. The van der Waals surface area contributed by atoms with E-state index in [-0.39, 0.29) is 28.5 Å². The first-order chi connectivity index (χ1) is 29.9. The number of hydrogen-bond acceptors (Lipinski definition) is 10. The van der Waals surface area contributed by atoms with Gasteiger partial charge >= 0.3 is 0 Å². The number of carbonyl (C=O) groups is 1. The average molecular weight is 855 g/mol. The van der Waals surface area contributed by atoms with Crippen molar-refractivity contribution < 1.29 is 27.6 Å². The molecule has 3 N–H and O–H groups in total. The molecular weight excluding hydrogens is 805 g/mol. The van der Waals surface area contributed by atoms with E-state index >= 15 is 0 Å². The van der Waals surface area contributed by atoms with Crippen molar-refractivity contribution in [1.29, 1.82) is 0 Å². The zero-order chi connectivity index (χ0) is 43.0. The molecule has 1 aliphatic carbocycles. The first-order valence-corrected chi connectivity index (χ1v) is 22.8. The molecule has 1 amide bonds. The first kappa shape index (κ1) is 41.3. The zero-order valence-electron chi connectivity index (χ0n) is 34.8. The van der Waals surface area contributed by atoms with Crippen LogP contribution in [0.2, 0.25) is 0 Å². The van der Waals surface area contributed by atoms with Crippen LogP contribution in [0, 0.1) is 16.0 Å². The van der Waals surface area contributed by atoms with Crippen LogP contribution in [0.1, 0.15) is 91.4 Å². The number of benzene rings is 4. The second kappa shape index (κ2) is 17.0. The lowest BCUT2D eigenvalue weighted by Gasteiger charge is -2.41. The third-order valence-corrected chi connectivity index (χ3v) is 14.1. The van der Waals surface area contributed by atoms with Gasteiger partial charge in [0.15, 0.2) is 0 Å². The molecule has 6 aromatic rings.